The molecule has 1 N–H and O–H groups in total. The number of nitrogens with zero attached hydrogens (tertiary/aromatic N) is 1. The molecule has 2 amide bonds. The van der Waals surface area contributed by atoms with Gasteiger partial charge in [0.15, 0.2) is 0 Å². The summed E-state index contributed by atoms with van der Waals surface area (Å²) >= 11 is 0. The van der Waals surface area contributed by atoms with Crippen LogP contribution >= 0.6 is 0 Å². The SMILES string of the molecule is CCC(CC)N(CCOC)C(=O)NC1CC1. The van der Waals surface area contributed by atoms with Gasteiger partial charge in [-0.2, -0.15) is 0 Å². The first-order valence-electron chi connectivity index (χ1n) is 6.28. The number of amides is 2. The van der Waals surface area contributed by atoms with Crippen molar-refractivity contribution in [2.45, 2.75) is 51.6 Å². The minimum absolute atomic E-state index is 0.0771. The molecule has 4 heteroatoms. The largest absolute Gasteiger partial charge is 0.383 e. The van der Waals surface area contributed by atoms with Gasteiger partial charge in [-0.3, -0.25) is 0 Å². The minimum atomic E-state index is 0.0771. The van der Waals surface area contributed by atoms with Crippen LogP contribution < -0.4 is 5.32 Å². The average Bonchev–Trinajstić information content (AvgIpc) is 3.08. The second-order valence-electron chi connectivity index (χ2n) is 4.38. The molecule has 0 saturated heterocycles. The van der Waals surface area contributed by atoms with Crippen molar-refractivity contribution in [2.24, 2.45) is 0 Å². The van der Waals surface area contributed by atoms with Crippen molar-refractivity contribution in [1.82, 2.24) is 10.2 Å². The van der Waals surface area contributed by atoms with Crippen molar-refractivity contribution in [3.05, 3.63) is 0 Å². The smallest absolute Gasteiger partial charge is 0.317 e. The van der Waals surface area contributed by atoms with Crippen molar-refractivity contribution in [3.8, 4) is 0 Å². The molecule has 0 spiro atoms. The van der Waals surface area contributed by atoms with Gasteiger partial charge in [0, 0.05) is 25.7 Å². The van der Waals surface area contributed by atoms with Crippen LogP contribution in [0.25, 0.3) is 0 Å². The predicted octanol–water partition coefficient (Wildman–Crippen LogP) is 2.00. The van der Waals surface area contributed by atoms with E-state index in [1.54, 1.807) is 7.11 Å². The van der Waals surface area contributed by atoms with E-state index in [4.69, 9.17) is 4.74 Å². The summed E-state index contributed by atoms with van der Waals surface area (Å²) in [5.41, 5.74) is 0. The zero-order valence-corrected chi connectivity index (χ0v) is 10.7. The van der Waals surface area contributed by atoms with Gasteiger partial charge in [-0.05, 0) is 25.7 Å². The van der Waals surface area contributed by atoms with E-state index in [2.05, 4.69) is 19.2 Å². The molecule has 0 atom stereocenters. The van der Waals surface area contributed by atoms with E-state index >= 15 is 0 Å². The molecule has 0 heterocycles. The maximum Gasteiger partial charge on any atom is 0.317 e. The fourth-order valence-electron chi connectivity index (χ4n) is 1.85. The maximum absolute atomic E-state index is 12.0. The van der Waals surface area contributed by atoms with Crippen LogP contribution in [0.5, 0.6) is 0 Å². The Morgan fingerprint density at radius 3 is 2.50 bits per heavy atom. The zero-order valence-electron chi connectivity index (χ0n) is 10.7. The number of carbonyl (C=O) groups is 1. The Kier molecular flexibility index (Phi) is 5.60. The zero-order chi connectivity index (χ0) is 12.0. The van der Waals surface area contributed by atoms with Crippen LogP contribution in [-0.4, -0.2) is 43.3 Å². The summed E-state index contributed by atoms with van der Waals surface area (Å²) in [6.07, 6.45) is 4.26. The highest BCUT2D eigenvalue weighted by Gasteiger charge is 2.28. The Morgan fingerprint density at radius 2 is 2.06 bits per heavy atom. The number of hydrogen-bond donors (Lipinski definition) is 1. The number of carbonyl (C=O) groups excluding carboxylic acids is 1. The van der Waals surface area contributed by atoms with Crippen molar-refractivity contribution in [1.29, 1.82) is 0 Å². The summed E-state index contributed by atoms with van der Waals surface area (Å²) in [4.78, 5) is 13.9. The molecule has 1 aliphatic carbocycles. The van der Waals surface area contributed by atoms with E-state index in [0.717, 1.165) is 25.7 Å². The number of hydrogen-bond acceptors (Lipinski definition) is 2. The lowest BCUT2D eigenvalue weighted by atomic mass is 10.1. The Hall–Kier alpha value is -0.770. The molecule has 0 unspecified atom stereocenters. The molecule has 0 aliphatic heterocycles. The second kappa shape index (κ2) is 6.74. The third-order valence-corrected chi connectivity index (χ3v) is 3.09. The van der Waals surface area contributed by atoms with Crippen molar-refractivity contribution < 1.29 is 9.53 Å². The van der Waals surface area contributed by atoms with E-state index in [1.807, 2.05) is 4.90 Å². The summed E-state index contributed by atoms with van der Waals surface area (Å²) in [6.45, 7) is 5.53. The van der Waals surface area contributed by atoms with Gasteiger partial charge < -0.3 is 15.0 Å². The molecule has 0 aromatic rings. The van der Waals surface area contributed by atoms with Crippen molar-refractivity contribution in [2.75, 3.05) is 20.3 Å². The minimum Gasteiger partial charge on any atom is -0.383 e. The van der Waals surface area contributed by atoms with E-state index in [1.165, 1.54) is 0 Å². The van der Waals surface area contributed by atoms with Gasteiger partial charge in [-0.25, -0.2) is 4.79 Å². The summed E-state index contributed by atoms with van der Waals surface area (Å²) in [5.74, 6) is 0. The standard InChI is InChI=1S/C12H24N2O2/c1-4-11(5-2)14(8-9-16-3)12(15)13-10-6-7-10/h10-11H,4-9H2,1-3H3,(H,13,15). The summed E-state index contributed by atoms with van der Waals surface area (Å²) in [5, 5.41) is 3.04. The van der Waals surface area contributed by atoms with Gasteiger partial charge in [0.1, 0.15) is 0 Å². The van der Waals surface area contributed by atoms with Gasteiger partial charge in [0.05, 0.1) is 6.61 Å². The van der Waals surface area contributed by atoms with E-state index in [9.17, 15) is 4.79 Å². The van der Waals surface area contributed by atoms with Gasteiger partial charge in [0.25, 0.3) is 0 Å². The molecule has 16 heavy (non-hydrogen) atoms. The first kappa shape index (κ1) is 13.3. The molecular formula is C12H24N2O2. The summed E-state index contributed by atoms with van der Waals surface area (Å²) < 4.78 is 5.06. The lowest BCUT2D eigenvalue weighted by Crippen LogP contribution is -2.47. The lowest BCUT2D eigenvalue weighted by Gasteiger charge is -2.30. The lowest BCUT2D eigenvalue weighted by molar-refractivity contribution is 0.125. The topological polar surface area (TPSA) is 41.6 Å². The Labute approximate surface area is 98.3 Å². The molecule has 4 nitrogen and oxygen atoms in total. The molecule has 0 radical (unpaired) electrons. The molecule has 1 rings (SSSR count). The number of urea groups is 1. The Bertz CT molecular complexity index is 213. The van der Waals surface area contributed by atoms with Gasteiger partial charge in [-0.15, -0.1) is 0 Å². The van der Waals surface area contributed by atoms with E-state index < -0.39 is 0 Å². The highest BCUT2D eigenvalue weighted by molar-refractivity contribution is 5.75. The molecule has 0 aromatic heterocycles. The molecule has 94 valence electrons. The Morgan fingerprint density at radius 1 is 1.44 bits per heavy atom. The first-order chi connectivity index (χ1) is 7.72. The van der Waals surface area contributed by atoms with Crippen LogP contribution in [0.2, 0.25) is 0 Å². The summed E-state index contributed by atoms with van der Waals surface area (Å²) in [7, 11) is 1.67. The highest BCUT2D eigenvalue weighted by atomic mass is 16.5. The Balaban J connectivity index is 2.48. The van der Waals surface area contributed by atoms with Crippen LogP contribution in [0, 0.1) is 0 Å². The third kappa shape index (κ3) is 4.00. The number of rotatable bonds is 7. The van der Waals surface area contributed by atoms with E-state index in [0.29, 0.717) is 25.2 Å². The van der Waals surface area contributed by atoms with Crippen molar-refractivity contribution in [3.63, 3.8) is 0 Å². The van der Waals surface area contributed by atoms with Gasteiger partial charge in [0.2, 0.25) is 0 Å². The molecule has 1 fully saturated rings. The molecular weight excluding hydrogens is 204 g/mol. The third-order valence-electron chi connectivity index (χ3n) is 3.09. The quantitative estimate of drug-likeness (QED) is 0.724. The van der Waals surface area contributed by atoms with Crippen LogP contribution in [0.1, 0.15) is 39.5 Å². The number of ether oxygens (including phenoxy) is 1. The highest BCUT2D eigenvalue weighted by Crippen LogP contribution is 2.19. The first-order valence-corrected chi connectivity index (χ1v) is 6.28. The van der Waals surface area contributed by atoms with E-state index in [-0.39, 0.29) is 6.03 Å². The van der Waals surface area contributed by atoms with Crippen LogP contribution in [0.15, 0.2) is 0 Å². The molecule has 0 bridgehead atoms. The van der Waals surface area contributed by atoms with Gasteiger partial charge >= 0.3 is 6.03 Å². The monoisotopic (exact) mass is 228 g/mol. The summed E-state index contributed by atoms with van der Waals surface area (Å²) in [6, 6.07) is 0.828. The average molecular weight is 228 g/mol. The van der Waals surface area contributed by atoms with Crippen molar-refractivity contribution >= 4 is 6.03 Å². The molecule has 0 aromatic carbocycles. The fourth-order valence-corrected chi connectivity index (χ4v) is 1.85. The van der Waals surface area contributed by atoms with Crippen LogP contribution in [0.4, 0.5) is 4.79 Å². The predicted molar refractivity (Wildman–Crippen MR) is 64.5 cm³/mol. The maximum atomic E-state index is 12.0. The van der Waals surface area contributed by atoms with Crippen LogP contribution in [0.3, 0.4) is 0 Å². The molecule has 1 aliphatic rings. The van der Waals surface area contributed by atoms with Gasteiger partial charge in [-0.1, -0.05) is 13.8 Å². The normalized spacial score (nSPS) is 15.2. The number of nitrogens with one attached hydrogen (secondary N) is 1. The number of methoxy groups -OCH3 is 1. The molecule has 1 saturated carbocycles. The fraction of sp³-hybridized carbons (Fsp3) is 0.917. The van der Waals surface area contributed by atoms with Crippen LogP contribution in [-0.2, 0) is 4.74 Å². The second-order valence-corrected chi connectivity index (χ2v) is 4.38.